The molecule has 5 nitrogen and oxygen atoms in total. The van der Waals surface area contributed by atoms with Crippen LogP contribution in [0, 0.1) is 12.8 Å². The summed E-state index contributed by atoms with van der Waals surface area (Å²) < 4.78 is 4.04. The molecule has 0 amide bonds. The van der Waals surface area contributed by atoms with Crippen LogP contribution in [-0.2, 0) is 13.1 Å². The summed E-state index contributed by atoms with van der Waals surface area (Å²) in [5, 5.41) is 10.1. The van der Waals surface area contributed by atoms with Crippen LogP contribution in [0.5, 0.6) is 0 Å². The van der Waals surface area contributed by atoms with E-state index in [4.69, 9.17) is 0 Å². The Hall–Kier alpha value is -1.66. The molecule has 3 heterocycles. The van der Waals surface area contributed by atoms with Gasteiger partial charge in [-0.1, -0.05) is 13.8 Å². The van der Waals surface area contributed by atoms with E-state index in [-0.39, 0.29) is 0 Å². The first-order valence-electron chi connectivity index (χ1n) is 7.26. The molecule has 0 bridgehead atoms. The van der Waals surface area contributed by atoms with Crippen LogP contribution in [0.3, 0.4) is 0 Å². The van der Waals surface area contributed by atoms with E-state index in [1.165, 1.54) is 5.56 Å². The third-order valence-electron chi connectivity index (χ3n) is 3.38. The van der Waals surface area contributed by atoms with E-state index in [9.17, 15) is 0 Å². The molecule has 0 aromatic carbocycles. The largest absolute Gasteiger partial charge is 0.312 e. The lowest BCUT2D eigenvalue weighted by Gasteiger charge is -2.05. The molecule has 0 radical (unpaired) electrons. The molecule has 0 unspecified atom stereocenters. The number of nitrogens with zero attached hydrogens (tertiary/aromatic N) is 4. The van der Waals surface area contributed by atoms with Gasteiger partial charge in [-0.25, -0.2) is 4.98 Å². The molecule has 0 atom stereocenters. The first-order valence-corrected chi connectivity index (χ1v) is 8.14. The van der Waals surface area contributed by atoms with Crippen LogP contribution in [0.15, 0.2) is 24.0 Å². The topological polar surface area (TPSA) is 47.2 Å². The Morgan fingerprint density at radius 2 is 2.19 bits per heavy atom. The Bertz CT molecular complexity index is 693. The van der Waals surface area contributed by atoms with Gasteiger partial charge in [-0.2, -0.15) is 5.10 Å². The number of imidazole rings is 1. The summed E-state index contributed by atoms with van der Waals surface area (Å²) >= 11 is 1.65. The van der Waals surface area contributed by atoms with Gasteiger partial charge in [-0.05, 0) is 19.4 Å². The van der Waals surface area contributed by atoms with Crippen molar-refractivity contribution in [3.8, 4) is 0 Å². The molecule has 0 fully saturated rings. The Balaban J connectivity index is 1.67. The molecular weight excluding hydrogens is 282 g/mol. The van der Waals surface area contributed by atoms with Crippen LogP contribution in [0.4, 0.5) is 0 Å². The van der Waals surface area contributed by atoms with Gasteiger partial charge in [0.2, 0.25) is 0 Å². The van der Waals surface area contributed by atoms with Gasteiger partial charge in [-0.3, -0.25) is 9.08 Å². The molecule has 0 aliphatic rings. The molecule has 3 aromatic heterocycles. The summed E-state index contributed by atoms with van der Waals surface area (Å²) in [5.41, 5.74) is 3.40. The van der Waals surface area contributed by atoms with Crippen molar-refractivity contribution >= 4 is 16.3 Å². The molecule has 0 spiro atoms. The Labute approximate surface area is 128 Å². The number of rotatable bonds is 6. The van der Waals surface area contributed by atoms with Crippen molar-refractivity contribution < 1.29 is 0 Å². The van der Waals surface area contributed by atoms with Gasteiger partial charge >= 0.3 is 0 Å². The molecule has 0 aliphatic carbocycles. The fourth-order valence-corrected chi connectivity index (χ4v) is 3.05. The maximum Gasteiger partial charge on any atom is 0.193 e. The number of aromatic nitrogens is 4. The molecule has 6 heteroatoms. The predicted octanol–water partition coefficient (Wildman–Crippen LogP) is 2.69. The molecule has 0 aliphatic heterocycles. The molecule has 112 valence electrons. The Kier molecular flexibility index (Phi) is 4.07. The zero-order valence-corrected chi connectivity index (χ0v) is 13.5. The smallest absolute Gasteiger partial charge is 0.193 e. The van der Waals surface area contributed by atoms with E-state index in [0.717, 1.165) is 36.0 Å². The van der Waals surface area contributed by atoms with E-state index in [1.54, 1.807) is 11.3 Å². The zero-order valence-electron chi connectivity index (χ0n) is 12.7. The van der Waals surface area contributed by atoms with Crippen LogP contribution < -0.4 is 5.32 Å². The molecule has 0 saturated carbocycles. The Morgan fingerprint density at radius 1 is 1.33 bits per heavy atom. The van der Waals surface area contributed by atoms with E-state index < -0.39 is 0 Å². The van der Waals surface area contributed by atoms with Crippen molar-refractivity contribution in [3.63, 3.8) is 0 Å². The summed E-state index contributed by atoms with van der Waals surface area (Å²) in [6, 6.07) is 0. The second-order valence-corrected chi connectivity index (χ2v) is 6.66. The second-order valence-electron chi connectivity index (χ2n) is 5.79. The fraction of sp³-hybridized carbons (Fsp3) is 0.467. The van der Waals surface area contributed by atoms with Crippen LogP contribution in [0.1, 0.15) is 30.8 Å². The number of thiazole rings is 1. The zero-order chi connectivity index (χ0) is 14.8. The molecule has 1 N–H and O–H groups in total. The highest BCUT2D eigenvalue weighted by Gasteiger charge is 2.08. The normalized spacial score (nSPS) is 11.8. The van der Waals surface area contributed by atoms with E-state index in [1.807, 2.05) is 16.3 Å². The fourth-order valence-electron chi connectivity index (χ4n) is 2.33. The second kappa shape index (κ2) is 5.99. The average molecular weight is 303 g/mol. The van der Waals surface area contributed by atoms with Crippen LogP contribution in [-0.4, -0.2) is 25.7 Å². The van der Waals surface area contributed by atoms with Crippen LogP contribution in [0.2, 0.25) is 0 Å². The number of aryl methyl sites for hydroxylation is 1. The number of nitrogens with one attached hydrogen (secondary N) is 1. The first kappa shape index (κ1) is 14.3. The number of hydrogen-bond acceptors (Lipinski definition) is 4. The standard InChI is InChI=1S/C15H21N5S/c1-11(2)6-16-7-13-8-20(18-12(13)3)10-14-9-19-4-5-21-15(19)17-14/h4-5,8-9,11,16H,6-7,10H2,1-3H3. The lowest BCUT2D eigenvalue weighted by molar-refractivity contribution is 0.551. The summed E-state index contributed by atoms with van der Waals surface area (Å²) in [5.74, 6) is 0.666. The lowest BCUT2D eigenvalue weighted by Crippen LogP contribution is -2.19. The van der Waals surface area contributed by atoms with Gasteiger partial charge in [0.15, 0.2) is 4.96 Å². The van der Waals surface area contributed by atoms with Gasteiger partial charge in [0.1, 0.15) is 0 Å². The van der Waals surface area contributed by atoms with Crippen LogP contribution >= 0.6 is 11.3 Å². The minimum atomic E-state index is 0.666. The molecule has 21 heavy (non-hydrogen) atoms. The van der Waals surface area contributed by atoms with Crippen molar-refractivity contribution in [2.45, 2.75) is 33.9 Å². The van der Waals surface area contributed by atoms with Gasteiger partial charge < -0.3 is 5.32 Å². The van der Waals surface area contributed by atoms with Crippen molar-refractivity contribution in [3.05, 3.63) is 40.9 Å². The average Bonchev–Trinajstić information content (AvgIpc) is 3.05. The lowest BCUT2D eigenvalue weighted by atomic mass is 10.2. The highest BCUT2D eigenvalue weighted by Crippen LogP contribution is 2.13. The van der Waals surface area contributed by atoms with Gasteiger partial charge in [-0.15, -0.1) is 11.3 Å². The summed E-state index contributed by atoms with van der Waals surface area (Å²) in [7, 11) is 0. The predicted molar refractivity (Wildman–Crippen MR) is 85.7 cm³/mol. The minimum Gasteiger partial charge on any atom is -0.312 e. The molecule has 3 rings (SSSR count). The van der Waals surface area contributed by atoms with Crippen molar-refractivity contribution in [1.82, 2.24) is 24.5 Å². The highest BCUT2D eigenvalue weighted by molar-refractivity contribution is 7.15. The Morgan fingerprint density at radius 3 is 2.95 bits per heavy atom. The van der Waals surface area contributed by atoms with Crippen molar-refractivity contribution in [1.29, 1.82) is 0 Å². The minimum absolute atomic E-state index is 0.666. The van der Waals surface area contributed by atoms with Crippen molar-refractivity contribution in [2.75, 3.05) is 6.54 Å². The van der Waals surface area contributed by atoms with Gasteiger partial charge in [0.25, 0.3) is 0 Å². The number of hydrogen-bond donors (Lipinski definition) is 1. The summed E-state index contributed by atoms with van der Waals surface area (Å²) in [6.07, 6.45) is 6.22. The quantitative estimate of drug-likeness (QED) is 0.761. The molecule has 3 aromatic rings. The maximum absolute atomic E-state index is 4.60. The van der Waals surface area contributed by atoms with E-state index >= 15 is 0 Å². The van der Waals surface area contributed by atoms with E-state index in [2.05, 4.69) is 53.0 Å². The molecular formula is C15H21N5S. The third-order valence-corrected chi connectivity index (χ3v) is 4.15. The van der Waals surface area contributed by atoms with E-state index in [0.29, 0.717) is 5.92 Å². The van der Waals surface area contributed by atoms with Crippen molar-refractivity contribution in [2.24, 2.45) is 5.92 Å². The maximum atomic E-state index is 4.60. The summed E-state index contributed by atoms with van der Waals surface area (Å²) in [6.45, 7) is 9.12. The SMILES string of the molecule is Cc1nn(Cc2cn3ccsc3n2)cc1CNCC(C)C. The summed E-state index contributed by atoms with van der Waals surface area (Å²) in [4.78, 5) is 5.63. The molecule has 0 saturated heterocycles. The van der Waals surface area contributed by atoms with Gasteiger partial charge in [0, 0.05) is 36.1 Å². The monoisotopic (exact) mass is 303 g/mol. The first-order chi connectivity index (χ1) is 10.1. The van der Waals surface area contributed by atoms with Crippen LogP contribution in [0.25, 0.3) is 4.96 Å². The number of fused-ring (bicyclic) bond motifs is 1. The third kappa shape index (κ3) is 3.33. The highest BCUT2D eigenvalue weighted by atomic mass is 32.1. The van der Waals surface area contributed by atoms with Gasteiger partial charge in [0.05, 0.1) is 17.9 Å².